The van der Waals surface area contributed by atoms with E-state index in [4.69, 9.17) is 15.0 Å². The molecule has 1 aliphatic heterocycles. The lowest BCUT2D eigenvalue weighted by molar-refractivity contribution is -0.0770. The molecule has 1 aromatic carbocycles. The van der Waals surface area contributed by atoms with Gasteiger partial charge in [0.1, 0.15) is 5.60 Å². The maximum Gasteiger partial charge on any atom is 0.260 e. The third kappa shape index (κ3) is 2.21. The molecule has 1 unspecified atom stereocenters. The number of anilines is 1. The van der Waals surface area contributed by atoms with Gasteiger partial charge in [0.05, 0.1) is 5.56 Å². The van der Waals surface area contributed by atoms with Crippen LogP contribution in [-0.4, -0.2) is 16.7 Å². The zero-order valence-corrected chi connectivity index (χ0v) is 10.9. The molecule has 2 aromatic rings. The normalized spacial score (nSPS) is 23.4. The quantitative estimate of drug-likeness (QED) is 0.839. The van der Waals surface area contributed by atoms with Crippen LogP contribution in [0, 0.1) is 0 Å². The van der Waals surface area contributed by atoms with E-state index in [-0.39, 0.29) is 0 Å². The van der Waals surface area contributed by atoms with Gasteiger partial charge in [-0.2, -0.15) is 4.98 Å². The molecule has 19 heavy (non-hydrogen) atoms. The van der Waals surface area contributed by atoms with Crippen LogP contribution >= 0.6 is 0 Å². The summed E-state index contributed by atoms with van der Waals surface area (Å²) in [5.74, 6) is 1.05. The number of hydrogen-bond acceptors (Lipinski definition) is 5. The fourth-order valence-electron chi connectivity index (χ4n) is 2.35. The van der Waals surface area contributed by atoms with E-state index < -0.39 is 5.60 Å². The van der Waals surface area contributed by atoms with E-state index in [1.54, 1.807) is 0 Å². The van der Waals surface area contributed by atoms with Gasteiger partial charge >= 0.3 is 0 Å². The van der Waals surface area contributed by atoms with Crippen LogP contribution in [0.1, 0.15) is 32.0 Å². The van der Waals surface area contributed by atoms with Gasteiger partial charge in [0, 0.05) is 12.3 Å². The Hall–Kier alpha value is -1.88. The van der Waals surface area contributed by atoms with Crippen LogP contribution in [0.3, 0.4) is 0 Å². The van der Waals surface area contributed by atoms with Crippen molar-refractivity contribution in [3.05, 3.63) is 30.1 Å². The second-order valence-electron chi connectivity index (χ2n) is 5.05. The highest BCUT2D eigenvalue weighted by atomic mass is 16.5. The molecule has 0 saturated carbocycles. The summed E-state index contributed by atoms with van der Waals surface area (Å²) in [4.78, 5) is 4.45. The zero-order valence-electron chi connectivity index (χ0n) is 10.9. The van der Waals surface area contributed by atoms with Crippen molar-refractivity contribution in [1.29, 1.82) is 0 Å². The third-order valence-electron chi connectivity index (χ3n) is 3.56. The van der Waals surface area contributed by atoms with Gasteiger partial charge in [-0.1, -0.05) is 17.3 Å². The summed E-state index contributed by atoms with van der Waals surface area (Å²) in [6.07, 6.45) is 3.12. The topological polar surface area (TPSA) is 74.2 Å². The molecule has 2 N–H and O–H groups in total. The van der Waals surface area contributed by atoms with Crippen molar-refractivity contribution >= 4 is 5.69 Å². The molecule has 1 atom stereocenters. The Morgan fingerprint density at radius 3 is 2.84 bits per heavy atom. The SMILES string of the molecule is CC1(c2noc(-c3ccccc3N)n2)CCCCO1. The molecule has 5 heteroatoms. The van der Waals surface area contributed by atoms with Crippen molar-refractivity contribution in [2.75, 3.05) is 12.3 Å². The second-order valence-corrected chi connectivity index (χ2v) is 5.05. The molecule has 0 aliphatic carbocycles. The molecule has 0 amide bonds. The van der Waals surface area contributed by atoms with Gasteiger partial charge in [-0.3, -0.25) is 0 Å². The van der Waals surface area contributed by atoms with Gasteiger partial charge in [-0.05, 0) is 38.3 Å². The second kappa shape index (κ2) is 4.66. The van der Waals surface area contributed by atoms with E-state index in [0.29, 0.717) is 17.4 Å². The van der Waals surface area contributed by atoms with Gasteiger partial charge in [0.2, 0.25) is 5.82 Å². The minimum Gasteiger partial charge on any atom is -0.398 e. The standard InChI is InChI=1S/C14H17N3O2/c1-14(8-4-5-9-18-14)13-16-12(19-17-13)10-6-2-3-7-11(10)15/h2-3,6-7H,4-5,8-9,15H2,1H3. The van der Waals surface area contributed by atoms with E-state index in [9.17, 15) is 0 Å². The maximum absolute atomic E-state index is 5.91. The first-order valence-corrected chi connectivity index (χ1v) is 6.52. The summed E-state index contributed by atoms with van der Waals surface area (Å²) < 4.78 is 11.1. The highest BCUT2D eigenvalue weighted by Crippen LogP contribution is 2.34. The number of nitrogens with two attached hydrogens (primary N) is 1. The van der Waals surface area contributed by atoms with Crippen molar-refractivity contribution < 1.29 is 9.26 Å². The van der Waals surface area contributed by atoms with Gasteiger partial charge < -0.3 is 15.0 Å². The number of rotatable bonds is 2. The Kier molecular flexibility index (Phi) is 2.98. The molecule has 3 rings (SSSR count). The molecule has 0 spiro atoms. The maximum atomic E-state index is 5.91. The highest BCUT2D eigenvalue weighted by molar-refractivity contribution is 5.69. The minimum absolute atomic E-state index is 0.441. The van der Waals surface area contributed by atoms with Gasteiger partial charge in [0.25, 0.3) is 5.89 Å². The molecular weight excluding hydrogens is 242 g/mol. The fourth-order valence-corrected chi connectivity index (χ4v) is 2.35. The van der Waals surface area contributed by atoms with Crippen molar-refractivity contribution in [1.82, 2.24) is 10.1 Å². The molecule has 1 fully saturated rings. The minimum atomic E-state index is -0.441. The van der Waals surface area contributed by atoms with Crippen LogP contribution in [-0.2, 0) is 10.3 Å². The smallest absolute Gasteiger partial charge is 0.260 e. The Labute approximate surface area is 111 Å². The van der Waals surface area contributed by atoms with Crippen LogP contribution in [0.2, 0.25) is 0 Å². The first-order valence-electron chi connectivity index (χ1n) is 6.52. The number of hydrogen-bond donors (Lipinski definition) is 1. The molecular formula is C14H17N3O2. The lowest BCUT2D eigenvalue weighted by Gasteiger charge is -2.30. The molecule has 1 saturated heterocycles. The Balaban J connectivity index is 1.93. The summed E-state index contributed by atoms with van der Waals surface area (Å²) >= 11 is 0. The first kappa shape index (κ1) is 12.2. The van der Waals surface area contributed by atoms with Gasteiger partial charge in [0.15, 0.2) is 0 Å². The first-order chi connectivity index (χ1) is 9.19. The molecule has 0 radical (unpaired) electrons. The molecule has 1 aliphatic rings. The summed E-state index contributed by atoms with van der Waals surface area (Å²) in [7, 11) is 0. The average molecular weight is 259 g/mol. The van der Waals surface area contributed by atoms with Crippen molar-refractivity contribution in [3.8, 4) is 11.5 Å². The van der Waals surface area contributed by atoms with Crippen molar-refractivity contribution in [2.24, 2.45) is 0 Å². The number of nitrogens with zero attached hydrogens (tertiary/aromatic N) is 2. The van der Waals surface area contributed by atoms with E-state index in [1.165, 1.54) is 0 Å². The monoisotopic (exact) mass is 259 g/mol. The van der Waals surface area contributed by atoms with Crippen LogP contribution in [0.25, 0.3) is 11.5 Å². The van der Waals surface area contributed by atoms with Crippen molar-refractivity contribution in [2.45, 2.75) is 31.8 Å². The van der Waals surface area contributed by atoms with Gasteiger partial charge in [-0.25, -0.2) is 0 Å². The summed E-state index contributed by atoms with van der Waals surface area (Å²) in [5, 5.41) is 4.06. The van der Waals surface area contributed by atoms with Crippen molar-refractivity contribution in [3.63, 3.8) is 0 Å². The van der Waals surface area contributed by atoms with Crippen LogP contribution in [0.5, 0.6) is 0 Å². The summed E-state index contributed by atoms with van der Waals surface area (Å²) in [6, 6.07) is 7.46. The zero-order chi connectivity index (χ0) is 13.3. The third-order valence-corrected chi connectivity index (χ3v) is 3.56. The Morgan fingerprint density at radius 1 is 1.26 bits per heavy atom. The lowest BCUT2D eigenvalue weighted by atomic mass is 9.95. The van der Waals surface area contributed by atoms with Crippen LogP contribution in [0.15, 0.2) is 28.8 Å². The predicted molar refractivity (Wildman–Crippen MR) is 71.3 cm³/mol. The summed E-state index contributed by atoms with van der Waals surface area (Å²) in [6.45, 7) is 2.75. The highest BCUT2D eigenvalue weighted by Gasteiger charge is 2.35. The molecule has 5 nitrogen and oxygen atoms in total. The molecule has 2 heterocycles. The van der Waals surface area contributed by atoms with Crippen LogP contribution in [0.4, 0.5) is 5.69 Å². The van der Waals surface area contributed by atoms with E-state index in [2.05, 4.69) is 10.1 Å². The molecule has 100 valence electrons. The van der Waals surface area contributed by atoms with E-state index in [0.717, 1.165) is 31.4 Å². The Morgan fingerprint density at radius 2 is 2.11 bits per heavy atom. The molecule has 0 bridgehead atoms. The largest absolute Gasteiger partial charge is 0.398 e. The number of ether oxygens (including phenoxy) is 1. The van der Waals surface area contributed by atoms with E-state index >= 15 is 0 Å². The number of benzene rings is 1. The van der Waals surface area contributed by atoms with Gasteiger partial charge in [-0.15, -0.1) is 0 Å². The summed E-state index contributed by atoms with van der Waals surface area (Å²) in [5.41, 5.74) is 6.87. The lowest BCUT2D eigenvalue weighted by Crippen LogP contribution is -2.31. The number of aromatic nitrogens is 2. The number of para-hydroxylation sites is 1. The molecule has 1 aromatic heterocycles. The predicted octanol–water partition coefficient (Wildman–Crippen LogP) is 2.73. The number of nitrogen functional groups attached to an aromatic ring is 1. The van der Waals surface area contributed by atoms with E-state index in [1.807, 2.05) is 31.2 Å². The fraction of sp³-hybridized carbons (Fsp3) is 0.429. The van der Waals surface area contributed by atoms with Crippen LogP contribution < -0.4 is 5.73 Å². The Bertz CT molecular complexity index is 574. The average Bonchev–Trinajstić information content (AvgIpc) is 2.90.